The first-order valence-electron chi connectivity index (χ1n) is 20.8. The highest BCUT2D eigenvalue weighted by atomic mass is 16.6. The van der Waals surface area contributed by atoms with Crippen LogP contribution in [0.3, 0.4) is 0 Å². The molecule has 0 saturated heterocycles. The van der Waals surface area contributed by atoms with Crippen molar-refractivity contribution in [1.82, 2.24) is 10.6 Å². The van der Waals surface area contributed by atoms with Crippen LogP contribution in [0.2, 0.25) is 0 Å². The maximum absolute atomic E-state index is 12.7. The number of ether oxygens (including phenoxy) is 5. The molecular formula is C49H58N4O12. The summed E-state index contributed by atoms with van der Waals surface area (Å²) in [6.45, 7) is 0.427. The van der Waals surface area contributed by atoms with E-state index >= 15 is 0 Å². The Morgan fingerprint density at radius 1 is 0.538 bits per heavy atom. The summed E-state index contributed by atoms with van der Waals surface area (Å²) in [5.41, 5.74) is 14.2. The summed E-state index contributed by atoms with van der Waals surface area (Å²) in [4.78, 5) is 47.5. The summed E-state index contributed by atoms with van der Waals surface area (Å²) in [7, 11) is 3.18. The second-order valence-corrected chi connectivity index (χ2v) is 14.7. The van der Waals surface area contributed by atoms with Crippen molar-refractivity contribution < 1.29 is 58.2 Å². The monoisotopic (exact) mass is 894 g/mol. The van der Waals surface area contributed by atoms with Gasteiger partial charge in [0, 0.05) is 38.8 Å². The van der Waals surface area contributed by atoms with Crippen LogP contribution in [0.5, 0.6) is 11.5 Å². The van der Waals surface area contributed by atoms with Crippen molar-refractivity contribution in [2.75, 3.05) is 27.3 Å². The largest absolute Gasteiger partial charge is 0.497 e. The first-order chi connectivity index (χ1) is 31.3. The number of methoxy groups -OCH3 is 2. The topological polar surface area (TPSA) is 251 Å². The van der Waals surface area contributed by atoms with Gasteiger partial charge < -0.3 is 61.1 Å². The van der Waals surface area contributed by atoms with Gasteiger partial charge >= 0.3 is 12.2 Å². The van der Waals surface area contributed by atoms with Crippen molar-refractivity contribution in [2.24, 2.45) is 11.5 Å². The van der Waals surface area contributed by atoms with E-state index in [0.717, 1.165) is 27.8 Å². The number of nitrogens with one attached hydrogen (secondary N) is 2. The first kappa shape index (κ1) is 51.0. The number of carbonyl (C=O) groups excluding carboxylic acids is 4. The predicted molar refractivity (Wildman–Crippen MR) is 241 cm³/mol. The van der Waals surface area contributed by atoms with Crippen LogP contribution in [0, 0.1) is 0 Å². The summed E-state index contributed by atoms with van der Waals surface area (Å²) in [5, 5.41) is 34.1. The Kier molecular flexibility index (Phi) is 21.1. The first-order valence-corrected chi connectivity index (χ1v) is 20.8. The maximum Gasteiger partial charge on any atom is 0.407 e. The zero-order valence-corrected chi connectivity index (χ0v) is 36.4. The molecule has 9 N–H and O–H groups in total. The zero-order valence-electron chi connectivity index (χ0n) is 36.4. The van der Waals surface area contributed by atoms with Gasteiger partial charge in [-0.3, -0.25) is 9.59 Å². The van der Waals surface area contributed by atoms with Crippen LogP contribution in [-0.4, -0.2) is 91.0 Å². The molecule has 5 aromatic carbocycles. The lowest BCUT2D eigenvalue weighted by Crippen LogP contribution is -2.46. The molecule has 0 aliphatic carbocycles. The van der Waals surface area contributed by atoms with Gasteiger partial charge in [-0.1, -0.05) is 115 Å². The third kappa shape index (κ3) is 16.8. The smallest absolute Gasteiger partial charge is 0.407 e. The quantitative estimate of drug-likeness (QED) is 0.0343. The van der Waals surface area contributed by atoms with E-state index in [2.05, 4.69) is 10.6 Å². The zero-order chi connectivity index (χ0) is 47.0. The fraction of sp³-hybridized carbons (Fsp3) is 0.306. The summed E-state index contributed by atoms with van der Waals surface area (Å²) in [6, 6.07) is 42.8. The Balaban J connectivity index is 0.000000369. The van der Waals surface area contributed by atoms with Gasteiger partial charge in [0.1, 0.15) is 60.4 Å². The Bertz CT molecular complexity index is 2130. The fourth-order valence-corrected chi connectivity index (χ4v) is 6.37. The molecule has 65 heavy (non-hydrogen) atoms. The predicted octanol–water partition coefficient (Wildman–Crippen LogP) is 4.83. The molecule has 0 spiro atoms. The van der Waals surface area contributed by atoms with E-state index in [1.807, 2.05) is 140 Å². The van der Waals surface area contributed by atoms with E-state index in [9.17, 15) is 29.4 Å². The number of ketones is 2. The number of carbonyl (C=O) groups is 4. The molecular weight excluding hydrogens is 837 g/mol. The van der Waals surface area contributed by atoms with E-state index < -0.39 is 42.5 Å². The molecule has 16 nitrogen and oxygen atoms in total. The van der Waals surface area contributed by atoms with E-state index in [4.69, 9.17) is 40.3 Å². The molecule has 2 amide bonds. The third-order valence-corrected chi connectivity index (χ3v) is 9.91. The number of amides is 2. The lowest BCUT2D eigenvalue weighted by atomic mass is 9.79. The molecule has 0 aromatic heterocycles. The van der Waals surface area contributed by atoms with E-state index in [1.54, 1.807) is 14.2 Å². The molecule has 0 aliphatic rings. The molecule has 0 saturated carbocycles. The number of nitrogens with two attached hydrogens (primary N) is 2. The van der Waals surface area contributed by atoms with Gasteiger partial charge in [-0.05, 0) is 52.1 Å². The number of rotatable bonds is 23. The molecule has 4 unspecified atom stereocenters. The normalized spacial score (nSPS) is 12.8. The van der Waals surface area contributed by atoms with Crippen molar-refractivity contribution in [3.63, 3.8) is 0 Å². The van der Waals surface area contributed by atoms with E-state index in [1.165, 1.54) is 0 Å². The van der Waals surface area contributed by atoms with Gasteiger partial charge in [-0.2, -0.15) is 0 Å². The Morgan fingerprint density at radius 2 is 0.908 bits per heavy atom. The molecule has 0 bridgehead atoms. The van der Waals surface area contributed by atoms with Crippen LogP contribution in [0.15, 0.2) is 140 Å². The molecule has 5 rings (SSSR count). The fourth-order valence-electron chi connectivity index (χ4n) is 6.37. The SMILES string of the molecule is COc1ccc(C(OC(N)C(O)CC(=O)CCNC(=O)OCc2ccccc2)(c2ccccc2)c2ccc(OC)cc2)cc1.NC(O)C(O)CC(=O)CCNC(=O)OCc1ccccc1. The van der Waals surface area contributed by atoms with Crippen molar-refractivity contribution >= 4 is 23.8 Å². The average molecular weight is 895 g/mol. The van der Waals surface area contributed by atoms with Crippen molar-refractivity contribution in [3.05, 3.63) is 167 Å². The lowest BCUT2D eigenvalue weighted by molar-refractivity contribution is -0.129. The molecule has 0 fully saturated rings. The van der Waals surface area contributed by atoms with Crippen LogP contribution >= 0.6 is 0 Å². The van der Waals surface area contributed by atoms with Crippen LogP contribution < -0.4 is 31.6 Å². The summed E-state index contributed by atoms with van der Waals surface area (Å²) in [6.07, 6.45) is -7.06. The van der Waals surface area contributed by atoms with Gasteiger partial charge in [-0.15, -0.1) is 0 Å². The number of alkyl carbamates (subject to hydrolysis) is 2. The minimum absolute atomic E-state index is 0.00892. The third-order valence-electron chi connectivity index (χ3n) is 9.91. The highest BCUT2D eigenvalue weighted by Gasteiger charge is 2.41. The Hall–Kier alpha value is -6.66. The van der Waals surface area contributed by atoms with Crippen LogP contribution in [-0.2, 0) is 42.6 Å². The number of aliphatic hydroxyl groups excluding tert-OH is 3. The summed E-state index contributed by atoms with van der Waals surface area (Å²) < 4.78 is 27.5. The van der Waals surface area contributed by atoms with Crippen molar-refractivity contribution in [3.8, 4) is 11.5 Å². The number of benzene rings is 5. The minimum atomic E-state index is -1.45. The molecule has 5 aromatic rings. The van der Waals surface area contributed by atoms with E-state index in [0.29, 0.717) is 11.5 Å². The lowest BCUT2D eigenvalue weighted by Gasteiger charge is -2.39. The van der Waals surface area contributed by atoms with E-state index in [-0.39, 0.29) is 63.6 Å². The Morgan fingerprint density at radius 3 is 1.29 bits per heavy atom. The second-order valence-electron chi connectivity index (χ2n) is 14.7. The Labute approximate surface area is 378 Å². The standard InChI is InChI=1S/C35H38N2O7.C14H20N2O5/c1-41-30-17-13-27(14-18-30)35(26-11-7-4-8-12-26,28-15-19-31(42-2)20-16-28)44-33(36)32(39)23-29(38)21-22-37-34(40)43-24-25-9-5-3-6-10-25;15-13(19)12(18)8-11(17)6-7-16-14(20)21-9-10-4-2-1-3-5-10/h3-20,32-33,39H,21-24,36H2,1-2H3,(H,37,40);1-5,12-13,18-19H,6-9,15H2,(H,16,20). The average Bonchev–Trinajstić information content (AvgIpc) is 3.33. The molecule has 0 heterocycles. The summed E-state index contributed by atoms with van der Waals surface area (Å²) >= 11 is 0. The number of Topliss-reactive ketones (excluding diaryl/α,β-unsaturated/α-hetero) is 2. The molecule has 0 radical (unpaired) electrons. The maximum atomic E-state index is 12.7. The highest BCUT2D eigenvalue weighted by Crippen LogP contribution is 2.42. The van der Waals surface area contributed by atoms with Gasteiger partial charge in [0.25, 0.3) is 0 Å². The van der Waals surface area contributed by atoms with Gasteiger partial charge in [0.05, 0.1) is 20.3 Å². The summed E-state index contributed by atoms with van der Waals surface area (Å²) in [5.74, 6) is 0.727. The number of aliphatic hydroxyl groups is 3. The highest BCUT2D eigenvalue weighted by molar-refractivity contribution is 5.80. The number of hydrogen-bond donors (Lipinski definition) is 7. The van der Waals surface area contributed by atoms with Crippen molar-refractivity contribution in [1.29, 1.82) is 0 Å². The van der Waals surface area contributed by atoms with Crippen LogP contribution in [0.25, 0.3) is 0 Å². The molecule has 4 atom stereocenters. The van der Waals surface area contributed by atoms with Gasteiger partial charge in [0.2, 0.25) is 0 Å². The van der Waals surface area contributed by atoms with Crippen LogP contribution in [0.4, 0.5) is 9.59 Å². The molecule has 0 aliphatic heterocycles. The minimum Gasteiger partial charge on any atom is -0.497 e. The molecule has 346 valence electrons. The second kappa shape index (κ2) is 26.8. The van der Waals surface area contributed by atoms with Crippen LogP contribution in [0.1, 0.15) is 53.5 Å². The number of hydrogen-bond acceptors (Lipinski definition) is 14. The molecule has 16 heteroatoms. The van der Waals surface area contributed by atoms with Gasteiger partial charge in [-0.25, -0.2) is 9.59 Å². The van der Waals surface area contributed by atoms with Gasteiger partial charge in [0.15, 0.2) is 0 Å². The van der Waals surface area contributed by atoms with Crippen molar-refractivity contribution in [2.45, 2.75) is 69.2 Å².